The van der Waals surface area contributed by atoms with Crippen LogP contribution in [0.2, 0.25) is 0 Å². The van der Waals surface area contributed by atoms with E-state index in [0.717, 1.165) is 25.0 Å². The van der Waals surface area contributed by atoms with E-state index >= 15 is 0 Å². The molecule has 1 aromatic rings. The van der Waals surface area contributed by atoms with Gasteiger partial charge in [-0.05, 0) is 19.8 Å². The normalized spacial score (nSPS) is 16.9. The Bertz CT molecular complexity index is 435. The van der Waals surface area contributed by atoms with Gasteiger partial charge in [0.15, 0.2) is 11.6 Å². The molecule has 0 saturated heterocycles. The summed E-state index contributed by atoms with van der Waals surface area (Å²) in [7, 11) is 0. The van der Waals surface area contributed by atoms with Crippen LogP contribution in [0.15, 0.2) is 12.1 Å². The summed E-state index contributed by atoms with van der Waals surface area (Å²) in [6, 6.07) is 1.44. The molecule has 1 aromatic carbocycles. The first-order chi connectivity index (χ1) is 7.41. The van der Waals surface area contributed by atoms with Gasteiger partial charge in [0.2, 0.25) is 0 Å². The summed E-state index contributed by atoms with van der Waals surface area (Å²) >= 11 is 0. The van der Waals surface area contributed by atoms with Gasteiger partial charge in [-0.3, -0.25) is 10.1 Å². The summed E-state index contributed by atoms with van der Waals surface area (Å²) in [6.45, 7) is 1.84. The molecule has 0 radical (unpaired) electrons. The minimum Gasteiger partial charge on any atom is -0.375 e. The lowest BCUT2D eigenvalue weighted by molar-refractivity contribution is -0.385. The quantitative estimate of drug-likeness (QED) is 0.639. The molecule has 0 spiro atoms. The topological polar surface area (TPSA) is 55.2 Å². The molecular formula is C10H10F2N2O2. The van der Waals surface area contributed by atoms with Gasteiger partial charge in [-0.15, -0.1) is 0 Å². The molecule has 0 heterocycles. The van der Waals surface area contributed by atoms with E-state index in [1.165, 1.54) is 0 Å². The highest BCUT2D eigenvalue weighted by atomic mass is 19.1. The van der Waals surface area contributed by atoms with Crippen LogP contribution in [0.1, 0.15) is 19.8 Å². The second-order valence-corrected chi connectivity index (χ2v) is 4.23. The second-order valence-electron chi connectivity index (χ2n) is 4.23. The molecule has 1 aliphatic rings. The van der Waals surface area contributed by atoms with Crippen LogP contribution >= 0.6 is 0 Å². The monoisotopic (exact) mass is 228 g/mol. The van der Waals surface area contributed by atoms with Crippen molar-refractivity contribution >= 4 is 11.4 Å². The van der Waals surface area contributed by atoms with E-state index in [4.69, 9.17) is 0 Å². The van der Waals surface area contributed by atoms with Crippen molar-refractivity contribution in [3.63, 3.8) is 0 Å². The molecule has 1 aliphatic carbocycles. The minimum atomic E-state index is -0.931. The Morgan fingerprint density at radius 3 is 2.25 bits per heavy atom. The number of anilines is 1. The van der Waals surface area contributed by atoms with Crippen molar-refractivity contribution in [1.29, 1.82) is 0 Å². The number of nitrogens with zero attached hydrogens (tertiary/aromatic N) is 1. The van der Waals surface area contributed by atoms with Gasteiger partial charge in [0.25, 0.3) is 5.69 Å². The first-order valence-electron chi connectivity index (χ1n) is 4.83. The fourth-order valence-electron chi connectivity index (χ4n) is 1.40. The zero-order valence-electron chi connectivity index (χ0n) is 8.59. The van der Waals surface area contributed by atoms with Crippen molar-refractivity contribution < 1.29 is 13.7 Å². The first-order valence-corrected chi connectivity index (χ1v) is 4.83. The van der Waals surface area contributed by atoms with Gasteiger partial charge in [-0.25, -0.2) is 8.78 Å². The van der Waals surface area contributed by atoms with E-state index in [-0.39, 0.29) is 11.2 Å². The molecule has 1 N–H and O–H groups in total. The Hall–Kier alpha value is -1.72. The Balaban J connectivity index is 2.35. The van der Waals surface area contributed by atoms with Crippen LogP contribution in [-0.4, -0.2) is 10.5 Å². The molecule has 0 aliphatic heterocycles. The smallest absolute Gasteiger partial charge is 0.275 e. The van der Waals surface area contributed by atoms with E-state index in [9.17, 15) is 18.9 Å². The molecule has 1 saturated carbocycles. The third-order valence-electron chi connectivity index (χ3n) is 2.66. The molecular weight excluding hydrogens is 218 g/mol. The van der Waals surface area contributed by atoms with E-state index in [1.807, 2.05) is 6.92 Å². The summed E-state index contributed by atoms with van der Waals surface area (Å²) in [5.41, 5.74) is -1.15. The molecule has 16 heavy (non-hydrogen) atoms. The average Bonchev–Trinajstić information content (AvgIpc) is 2.90. The van der Waals surface area contributed by atoms with Crippen molar-refractivity contribution in [2.75, 3.05) is 5.32 Å². The van der Waals surface area contributed by atoms with Gasteiger partial charge in [0.05, 0.1) is 17.1 Å². The molecule has 0 unspecified atom stereocenters. The number of nitro benzene ring substituents is 1. The van der Waals surface area contributed by atoms with E-state index in [1.54, 1.807) is 0 Å². The van der Waals surface area contributed by atoms with Crippen molar-refractivity contribution in [2.24, 2.45) is 0 Å². The van der Waals surface area contributed by atoms with Gasteiger partial charge in [0.1, 0.15) is 5.69 Å². The largest absolute Gasteiger partial charge is 0.375 e. The molecule has 0 atom stereocenters. The second kappa shape index (κ2) is 3.40. The number of rotatable bonds is 3. The Kier molecular flexibility index (Phi) is 2.29. The van der Waals surface area contributed by atoms with Gasteiger partial charge >= 0.3 is 0 Å². The van der Waals surface area contributed by atoms with Crippen LogP contribution in [0, 0.1) is 21.7 Å². The lowest BCUT2D eigenvalue weighted by Crippen LogP contribution is -2.18. The summed E-state index contributed by atoms with van der Waals surface area (Å²) in [5.74, 6) is -1.86. The Morgan fingerprint density at radius 2 is 1.88 bits per heavy atom. The number of nitro groups is 1. The SMILES string of the molecule is CC1(Nc2c(F)cc([N+](=O)[O-])cc2F)CC1. The van der Waals surface area contributed by atoms with Gasteiger partial charge in [-0.1, -0.05) is 0 Å². The molecule has 0 aromatic heterocycles. The standard InChI is InChI=1S/C10H10F2N2O2/c1-10(2-3-10)13-9-7(11)4-6(14(15)16)5-8(9)12/h4-5,13H,2-3H2,1H3. The zero-order chi connectivity index (χ0) is 11.9. The third kappa shape index (κ3) is 1.95. The van der Waals surface area contributed by atoms with Gasteiger partial charge < -0.3 is 5.32 Å². The van der Waals surface area contributed by atoms with Gasteiger partial charge in [-0.2, -0.15) is 0 Å². The highest BCUT2D eigenvalue weighted by Crippen LogP contribution is 2.39. The Labute approximate surface area is 90.4 Å². The average molecular weight is 228 g/mol. The van der Waals surface area contributed by atoms with Crippen molar-refractivity contribution in [2.45, 2.75) is 25.3 Å². The fraction of sp³-hybridized carbons (Fsp3) is 0.400. The molecule has 0 amide bonds. The first kappa shape index (κ1) is 10.8. The number of non-ortho nitro benzene ring substituents is 1. The summed E-state index contributed by atoms with van der Waals surface area (Å²) < 4.78 is 26.8. The van der Waals surface area contributed by atoms with Crippen molar-refractivity contribution in [3.8, 4) is 0 Å². The van der Waals surface area contributed by atoms with Crippen LogP contribution in [-0.2, 0) is 0 Å². The summed E-state index contributed by atoms with van der Waals surface area (Å²) in [4.78, 5) is 9.54. The highest BCUT2D eigenvalue weighted by molar-refractivity contribution is 5.54. The number of halogens is 2. The minimum absolute atomic E-state index is 0.280. The van der Waals surface area contributed by atoms with Gasteiger partial charge in [0, 0.05) is 5.54 Å². The fourth-order valence-corrected chi connectivity index (χ4v) is 1.40. The lowest BCUT2D eigenvalue weighted by Gasteiger charge is -2.14. The number of benzene rings is 1. The molecule has 1 fully saturated rings. The maximum absolute atomic E-state index is 13.4. The zero-order valence-corrected chi connectivity index (χ0v) is 8.59. The number of hydrogen-bond acceptors (Lipinski definition) is 3. The molecule has 6 heteroatoms. The maximum Gasteiger partial charge on any atom is 0.275 e. The molecule has 2 rings (SSSR count). The predicted molar refractivity (Wildman–Crippen MR) is 54.3 cm³/mol. The van der Waals surface area contributed by atoms with E-state index in [0.29, 0.717) is 0 Å². The van der Waals surface area contributed by atoms with Crippen LogP contribution in [0.5, 0.6) is 0 Å². The Morgan fingerprint density at radius 1 is 1.38 bits per heavy atom. The van der Waals surface area contributed by atoms with Crippen LogP contribution in [0.25, 0.3) is 0 Å². The molecule has 86 valence electrons. The van der Waals surface area contributed by atoms with Crippen molar-refractivity contribution in [1.82, 2.24) is 0 Å². The number of nitrogens with one attached hydrogen (secondary N) is 1. The third-order valence-corrected chi connectivity index (χ3v) is 2.66. The van der Waals surface area contributed by atoms with Crippen LogP contribution in [0.3, 0.4) is 0 Å². The van der Waals surface area contributed by atoms with Crippen LogP contribution in [0.4, 0.5) is 20.2 Å². The van der Waals surface area contributed by atoms with E-state index < -0.39 is 22.2 Å². The predicted octanol–water partition coefficient (Wildman–Crippen LogP) is 2.84. The maximum atomic E-state index is 13.4. The summed E-state index contributed by atoms with van der Waals surface area (Å²) in [6.07, 6.45) is 1.67. The number of hydrogen-bond donors (Lipinski definition) is 1. The molecule has 0 bridgehead atoms. The van der Waals surface area contributed by atoms with E-state index in [2.05, 4.69) is 5.32 Å². The highest BCUT2D eigenvalue weighted by Gasteiger charge is 2.38. The lowest BCUT2D eigenvalue weighted by atomic mass is 10.2. The summed E-state index contributed by atoms with van der Waals surface area (Å²) in [5, 5.41) is 13.1. The van der Waals surface area contributed by atoms with Crippen molar-refractivity contribution in [3.05, 3.63) is 33.9 Å². The molecule has 4 nitrogen and oxygen atoms in total. The van der Waals surface area contributed by atoms with Crippen LogP contribution < -0.4 is 5.32 Å².